The number of rotatable bonds is 2. The normalized spacial score (nSPS) is 19.6. The van der Waals surface area contributed by atoms with Gasteiger partial charge in [0.25, 0.3) is 5.91 Å². The zero-order chi connectivity index (χ0) is 13.1. The minimum atomic E-state index is -0.429. The second-order valence-electron chi connectivity index (χ2n) is 4.07. The third-order valence-corrected chi connectivity index (χ3v) is 2.87. The van der Waals surface area contributed by atoms with Crippen molar-refractivity contribution in [2.24, 2.45) is 0 Å². The van der Waals surface area contributed by atoms with E-state index in [1.807, 2.05) is 6.07 Å². The van der Waals surface area contributed by atoms with E-state index in [9.17, 15) is 9.59 Å². The smallest absolute Gasteiger partial charge is 0.251 e. The molecule has 1 aliphatic rings. The van der Waals surface area contributed by atoms with Crippen LogP contribution in [0.2, 0.25) is 0 Å². The average molecular weight is 244 g/mol. The fourth-order valence-electron chi connectivity index (χ4n) is 1.83. The molecule has 2 rings (SSSR count). The Labute approximate surface area is 104 Å². The predicted molar refractivity (Wildman–Crippen MR) is 63.4 cm³/mol. The summed E-state index contributed by atoms with van der Waals surface area (Å²) in [5.74, 6) is -0.410. The quantitative estimate of drug-likeness (QED) is 0.766. The molecular weight excluding hydrogens is 232 g/mol. The van der Waals surface area contributed by atoms with Gasteiger partial charge in [0.05, 0.1) is 0 Å². The highest BCUT2D eigenvalue weighted by atomic mass is 16.2. The zero-order valence-electron chi connectivity index (χ0n) is 9.88. The van der Waals surface area contributed by atoms with Crippen LogP contribution in [0.4, 0.5) is 5.69 Å². The van der Waals surface area contributed by atoms with Crippen molar-refractivity contribution in [3.63, 3.8) is 0 Å². The summed E-state index contributed by atoms with van der Waals surface area (Å²) in [7, 11) is 1.48. The molecule has 0 spiro atoms. The lowest BCUT2D eigenvalue weighted by Gasteiger charge is -2.28. The van der Waals surface area contributed by atoms with Gasteiger partial charge in [-0.1, -0.05) is 0 Å². The Morgan fingerprint density at radius 3 is 3.06 bits per heavy atom. The second-order valence-corrected chi connectivity index (χ2v) is 4.07. The second kappa shape index (κ2) is 4.84. The van der Waals surface area contributed by atoms with Crippen molar-refractivity contribution in [2.45, 2.75) is 18.9 Å². The van der Waals surface area contributed by atoms with E-state index in [0.717, 1.165) is 4.90 Å². The molecule has 2 heterocycles. The van der Waals surface area contributed by atoms with Gasteiger partial charge in [0.2, 0.25) is 5.91 Å². The summed E-state index contributed by atoms with van der Waals surface area (Å²) in [6.07, 6.45) is 2.31. The molecule has 2 amide bonds. The molecule has 6 nitrogen and oxygen atoms in total. The first-order valence-corrected chi connectivity index (χ1v) is 5.55. The van der Waals surface area contributed by atoms with E-state index in [1.54, 1.807) is 12.1 Å². The topological polar surface area (TPSA) is 86.1 Å². The summed E-state index contributed by atoms with van der Waals surface area (Å²) in [4.78, 5) is 28.2. The molecule has 1 N–H and O–H groups in total. The number of likely N-dealkylation sites (N-methyl/N-ethyl adjacent to an activating group) is 1. The van der Waals surface area contributed by atoms with Crippen molar-refractivity contribution in [3.05, 3.63) is 24.0 Å². The van der Waals surface area contributed by atoms with E-state index in [1.165, 1.54) is 13.2 Å². The predicted octanol–water partition coefficient (Wildman–Crippen LogP) is 0.513. The standard InChI is InChI=1S/C12H12N4O2/c1-16-11(17)3-2-10(12(16)18)15-8-4-5-14-9(6-8)7-13/h4-6,10H,2-3H2,1H3,(H,14,15). The molecule has 0 bridgehead atoms. The molecule has 0 aromatic carbocycles. The SMILES string of the molecule is CN1C(=O)CCC(Nc2ccnc(C#N)c2)C1=O. The Hall–Kier alpha value is -2.42. The fraction of sp³-hybridized carbons (Fsp3) is 0.333. The lowest BCUT2D eigenvalue weighted by Crippen LogP contribution is -2.48. The third-order valence-electron chi connectivity index (χ3n) is 2.87. The number of hydrogen-bond acceptors (Lipinski definition) is 5. The van der Waals surface area contributed by atoms with E-state index >= 15 is 0 Å². The van der Waals surface area contributed by atoms with E-state index in [0.29, 0.717) is 18.5 Å². The van der Waals surface area contributed by atoms with Gasteiger partial charge in [-0.2, -0.15) is 5.26 Å². The van der Waals surface area contributed by atoms with Gasteiger partial charge < -0.3 is 5.32 Å². The van der Waals surface area contributed by atoms with Crippen molar-refractivity contribution in [2.75, 3.05) is 12.4 Å². The highest BCUT2D eigenvalue weighted by molar-refractivity contribution is 6.01. The number of hydrogen-bond donors (Lipinski definition) is 1. The summed E-state index contributed by atoms with van der Waals surface area (Å²) in [5.41, 5.74) is 0.940. The van der Waals surface area contributed by atoms with Gasteiger partial charge >= 0.3 is 0 Å². The first-order chi connectivity index (χ1) is 8.61. The highest BCUT2D eigenvalue weighted by Gasteiger charge is 2.31. The van der Waals surface area contributed by atoms with Crippen LogP contribution in [0.25, 0.3) is 0 Å². The molecular formula is C12H12N4O2. The molecule has 18 heavy (non-hydrogen) atoms. The minimum absolute atomic E-state index is 0.162. The summed E-state index contributed by atoms with van der Waals surface area (Å²) in [6, 6.07) is 4.76. The molecule has 1 unspecified atom stereocenters. The Morgan fingerprint density at radius 2 is 2.33 bits per heavy atom. The number of imide groups is 1. The van der Waals surface area contributed by atoms with Crippen LogP contribution < -0.4 is 5.32 Å². The van der Waals surface area contributed by atoms with Crippen molar-refractivity contribution in [1.29, 1.82) is 5.26 Å². The zero-order valence-corrected chi connectivity index (χ0v) is 9.88. The number of nitriles is 1. The first-order valence-electron chi connectivity index (χ1n) is 5.55. The fourth-order valence-corrected chi connectivity index (χ4v) is 1.83. The molecule has 0 radical (unpaired) electrons. The maximum atomic E-state index is 11.9. The summed E-state index contributed by atoms with van der Waals surface area (Å²) >= 11 is 0. The largest absolute Gasteiger partial charge is 0.374 e. The van der Waals surface area contributed by atoms with Crippen LogP contribution in [0.1, 0.15) is 18.5 Å². The van der Waals surface area contributed by atoms with Gasteiger partial charge in [0.15, 0.2) is 0 Å². The van der Waals surface area contributed by atoms with Crippen molar-refractivity contribution in [3.8, 4) is 6.07 Å². The van der Waals surface area contributed by atoms with Crippen LogP contribution in [0.3, 0.4) is 0 Å². The number of nitrogens with zero attached hydrogens (tertiary/aromatic N) is 3. The van der Waals surface area contributed by atoms with Gasteiger partial charge in [-0.05, 0) is 18.6 Å². The molecule has 0 aliphatic carbocycles. The van der Waals surface area contributed by atoms with Crippen LogP contribution >= 0.6 is 0 Å². The Bertz CT molecular complexity index is 535. The lowest BCUT2D eigenvalue weighted by atomic mass is 10.0. The number of aromatic nitrogens is 1. The number of carbonyl (C=O) groups excluding carboxylic acids is 2. The van der Waals surface area contributed by atoms with Crippen LogP contribution in [-0.4, -0.2) is 34.8 Å². The van der Waals surface area contributed by atoms with Gasteiger partial charge in [-0.25, -0.2) is 4.98 Å². The molecule has 1 aromatic heterocycles. The van der Waals surface area contributed by atoms with Crippen LogP contribution in [0.5, 0.6) is 0 Å². The number of amides is 2. The minimum Gasteiger partial charge on any atom is -0.374 e. The number of pyridine rings is 1. The molecule has 1 atom stereocenters. The number of likely N-dealkylation sites (tertiary alicyclic amines) is 1. The van der Waals surface area contributed by atoms with Crippen molar-refractivity contribution in [1.82, 2.24) is 9.88 Å². The Kier molecular flexibility index (Phi) is 3.24. The molecule has 1 fully saturated rings. The van der Waals surface area contributed by atoms with Crippen molar-refractivity contribution >= 4 is 17.5 Å². The monoisotopic (exact) mass is 244 g/mol. The number of carbonyl (C=O) groups is 2. The van der Waals surface area contributed by atoms with E-state index in [2.05, 4.69) is 10.3 Å². The molecule has 0 saturated carbocycles. The van der Waals surface area contributed by atoms with Gasteiger partial charge in [0, 0.05) is 25.4 Å². The first kappa shape index (κ1) is 12.0. The van der Waals surface area contributed by atoms with E-state index in [4.69, 9.17) is 5.26 Å². The number of nitrogens with one attached hydrogen (secondary N) is 1. The third kappa shape index (κ3) is 2.30. The maximum absolute atomic E-state index is 11.9. The Balaban J connectivity index is 2.12. The molecule has 1 saturated heterocycles. The summed E-state index contributed by atoms with van der Waals surface area (Å²) in [5, 5.41) is 11.8. The van der Waals surface area contributed by atoms with Crippen molar-refractivity contribution < 1.29 is 9.59 Å². The van der Waals surface area contributed by atoms with E-state index < -0.39 is 6.04 Å². The molecule has 1 aliphatic heterocycles. The molecule has 92 valence electrons. The summed E-state index contributed by atoms with van der Waals surface area (Å²) < 4.78 is 0. The lowest BCUT2D eigenvalue weighted by molar-refractivity contribution is -0.146. The number of anilines is 1. The van der Waals surface area contributed by atoms with Crippen LogP contribution in [0, 0.1) is 11.3 Å². The van der Waals surface area contributed by atoms with Gasteiger partial charge in [-0.15, -0.1) is 0 Å². The highest BCUT2D eigenvalue weighted by Crippen LogP contribution is 2.17. The van der Waals surface area contributed by atoms with Crippen LogP contribution in [-0.2, 0) is 9.59 Å². The average Bonchev–Trinajstić information content (AvgIpc) is 2.40. The maximum Gasteiger partial charge on any atom is 0.251 e. The van der Waals surface area contributed by atoms with Gasteiger partial charge in [0.1, 0.15) is 17.8 Å². The summed E-state index contributed by atoms with van der Waals surface area (Å²) in [6.45, 7) is 0. The van der Waals surface area contributed by atoms with E-state index in [-0.39, 0.29) is 17.5 Å². The molecule has 1 aromatic rings. The number of piperidine rings is 1. The van der Waals surface area contributed by atoms with Crippen LogP contribution in [0.15, 0.2) is 18.3 Å². The van der Waals surface area contributed by atoms with Gasteiger partial charge in [-0.3, -0.25) is 14.5 Å². The molecule has 6 heteroatoms. The Morgan fingerprint density at radius 1 is 1.56 bits per heavy atom.